The summed E-state index contributed by atoms with van der Waals surface area (Å²) in [5, 5.41) is 2.83. The predicted molar refractivity (Wildman–Crippen MR) is 97.4 cm³/mol. The number of pyridine rings is 1. The zero-order chi connectivity index (χ0) is 17.3. The van der Waals surface area contributed by atoms with Crippen molar-refractivity contribution in [3.8, 4) is 5.75 Å². The number of ether oxygens (including phenoxy) is 2. The van der Waals surface area contributed by atoms with Crippen molar-refractivity contribution >= 4 is 17.7 Å². The van der Waals surface area contributed by atoms with Crippen LogP contribution >= 0.6 is 0 Å². The molecule has 25 heavy (non-hydrogen) atoms. The van der Waals surface area contributed by atoms with Gasteiger partial charge in [0, 0.05) is 37.4 Å². The molecule has 1 aliphatic rings. The lowest BCUT2D eigenvalue weighted by molar-refractivity contribution is -0.111. The molecule has 0 atom stereocenters. The molecule has 0 radical (unpaired) electrons. The van der Waals surface area contributed by atoms with Crippen LogP contribution in [0.25, 0.3) is 6.08 Å². The molecule has 1 N–H and O–H groups in total. The number of anilines is 1. The van der Waals surface area contributed by atoms with E-state index in [9.17, 15) is 4.79 Å². The monoisotopic (exact) mass is 338 g/mol. The van der Waals surface area contributed by atoms with Crippen molar-refractivity contribution in [2.75, 3.05) is 25.1 Å². The summed E-state index contributed by atoms with van der Waals surface area (Å²) < 4.78 is 11.2. The second-order valence-electron chi connectivity index (χ2n) is 6.00. The van der Waals surface area contributed by atoms with E-state index < -0.39 is 0 Å². The lowest BCUT2D eigenvalue weighted by Gasteiger charge is -2.22. The number of nitrogens with zero attached hydrogens (tertiary/aromatic N) is 1. The third-order valence-corrected chi connectivity index (χ3v) is 4.06. The van der Waals surface area contributed by atoms with Crippen LogP contribution in [0.3, 0.4) is 0 Å². The Hall–Kier alpha value is -2.66. The van der Waals surface area contributed by atoms with Crippen molar-refractivity contribution in [2.45, 2.75) is 12.8 Å². The summed E-state index contributed by atoms with van der Waals surface area (Å²) in [5.74, 6) is 1.20. The minimum atomic E-state index is -0.181. The molecule has 1 aromatic heterocycles. The Morgan fingerprint density at radius 3 is 2.76 bits per heavy atom. The van der Waals surface area contributed by atoms with Gasteiger partial charge in [0.05, 0.1) is 6.61 Å². The van der Waals surface area contributed by atoms with Gasteiger partial charge in [0.2, 0.25) is 5.91 Å². The van der Waals surface area contributed by atoms with Crippen LogP contribution in [0, 0.1) is 5.92 Å². The van der Waals surface area contributed by atoms with Gasteiger partial charge in [-0.3, -0.25) is 9.78 Å². The fraction of sp³-hybridized carbons (Fsp3) is 0.300. The van der Waals surface area contributed by atoms with Crippen molar-refractivity contribution in [2.24, 2.45) is 5.92 Å². The second-order valence-corrected chi connectivity index (χ2v) is 6.00. The number of amides is 1. The van der Waals surface area contributed by atoms with Gasteiger partial charge in [-0.2, -0.15) is 0 Å². The van der Waals surface area contributed by atoms with Gasteiger partial charge in [0.1, 0.15) is 5.75 Å². The van der Waals surface area contributed by atoms with E-state index in [4.69, 9.17) is 9.47 Å². The third kappa shape index (κ3) is 5.72. The Morgan fingerprint density at radius 2 is 2.04 bits per heavy atom. The molecule has 0 saturated carbocycles. The molecule has 1 aromatic carbocycles. The van der Waals surface area contributed by atoms with E-state index in [-0.39, 0.29) is 5.91 Å². The van der Waals surface area contributed by atoms with Crippen LogP contribution in [0.15, 0.2) is 54.9 Å². The van der Waals surface area contributed by atoms with Crippen LogP contribution in [0.4, 0.5) is 5.69 Å². The molecule has 0 spiro atoms. The van der Waals surface area contributed by atoms with Crippen LogP contribution < -0.4 is 10.1 Å². The van der Waals surface area contributed by atoms with Crippen molar-refractivity contribution in [1.29, 1.82) is 0 Å². The number of carbonyl (C=O) groups excluding carboxylic acids is 1. The third-order valence-electron chi connectivity index (χ3n) is 4.06. The molecular formula is C20H22N2O3. The van der Waals surface area contributed by atoms with Gasteiger partial charge in [-0.25, -0.2) is 0 Å². The Bertz CT molecular complexity index is 693. The molecule has 5 heteroatoms. The SMILES string of the molecule is O=C(C=Cc1cccnc1)Nc1ccc(OCC2CCOCC2)cc1. The predicted octanol–water partition coefficient (Wildman–Crippen LogP) is 3.54. The zero-order valence-electron chi connectivity index (χ0n) is 14.1. The first-order valence-electron chi connectivity index (χ1n) is 8.49. The summed E-state index contributed by atoms with van der Waals surface area (Å²) >= 11 is 0. The van der Waals surface area contributed by atoms with Crippen LogP contribution in [0.5, 0.6) is 5.75 Å². The second kappa shape index (κ2) is 8.99. The van der Waals surface area contributed by atoms with Gasteiger partial charge in [-0.05, 0) is 60.7 Å². The number of carbonyl (C=O) groups is 1. The van der Waals surface area contributed by atoms with Gasteiger partial charge in [0.15, 0.2) is 0 Å². The molecule has 1 fully saturated rings. The number of hydrogen-bond donors (Lipinski definition) is 1. The first-order valence-corrected chi connectivity index (χ1v) is 8.49. The van der Waals surface area contributed by atoms with Crippen LogP contribution in [-0.2, 0) is 9.53 Å². The Morgan fingerprint density at radius 1 is 1.24 bits per heavy atom. The number of aromatic nitrogens is 1. The fourth-order valence-electron chi connectivity index (χ4n) is 2.59. The normalized spacial score (nSPS) is 15.2. The fourth-order valence-corrected chi connectivity index (χ4v) is 2.59. The first kappa shape index (κ1) is 17.2. The van der Waals surface area contributed by atoms with Crippen LogP contribution in [0.1, 0.15) is 18.4 Å². The van der Waals surface area contributed by atoms with Crippen LogP contribution in [0.2, 0.25) is 0 Å². The van der Waals surface area contributed by atoms with Crippen LogP contribution in [-0.4, -0.2) is 30.7 Å². The Balaban J connectivity index is 1.46. The quantitative estimate of drug-likeness (QED) is 0.819. The number of nitrogens with one attached hydrogen (secondary N) is 1. The van der Waals surface area contributed by atoms with E-state index in [0.717, 1.165) is 43.1 Å². The summed E-state index contributed by atoms with van der Waals surface area (Å²) in [7, 11) is 0. The summed E-state index contributed by atoms with van der Waals surface area (Å²) in [5.41, 5.74) is 1.62. The van der Waals surface area contributed by atoms with Gasteiger partial charge < -0.3 is 14.8 Å². The zero-order valence-corrected chi connectivity index (χ0v) is 14.1. The summed E-state index contributed by atoms with van der Waals surface area (Å²) in [6, 6.07) is 11.2. The molecule has 1 amide bonds. The highest BCUT2D eigenvalue weighted by Crippen LogP contribution is 2.19. The Labute approximate surface area is 147 Å². The van der Waals surface area contributed by atoms with Gasteiger partial charge in [0.25, 0.3) is 0 Å². The molecule has 2 aromatic rings. The molecule has 2 heterocycles. The van der Waals surface area contributed by atoms with Gasteiger partial charge >= 0.3 is 0 Å². The molecule has 130 valence electrons. The minimum absolute atomic E-state index is 0.181. The minimum Gasteiger partial charge on any atom is -0.493 e. The summed E-state index contributed by atoms with van der Waals surface area (Å²) in [6.07, 6.45) is 8.73. The lowest BCUT2D eigenvalue weighted by atomic mass is 10.0. The molecular weight excluding hydrogens is 316 g/mol. The summed E-state index contributed by atoms with van der Waals surface area (Å²) in [4.78, 5) is 15.9. The molecule has 0 bridgehead atoms. The average molecular weight is 338 g/mol. The van der Waals surface area contributed by atoms with Crippen molar-refractivity contribution < 1.29 is 14.3 Å². The molecule has 5 nitrogen and oxygen atoms in total. The smallest absolute Gasteiger partial charge is 0.248 e. The average Bonchev–Trinajstić information content (AvgIpc) is 2.67. The van der Waals surface area contributed by atoms with E-state index in [1.165, 1.54) is 6.08 Å². The lowest BCUT2D eigenvalue weighted by Crippen LogP contribution is -2.21. The van der Waals surface area contributed by atoms with E-state index in [1.807, 2.05) is 36.4 Å². The molecule has 0 unspecified atom stereocenters. The summed E-state index contributed by atoms with van der Waals surface area (Å²) in [6.45, 7) is 2.36. The number of hydrogen-bond acceptors (Lipinski definition) is 4. The van der Waals surface area contributed by atoms with Crippen molar-refractivity contribution in [1.82, 2.24) is 4.98 Å². The highest BCUT2D eigenvalue weighted by Gasteiger charge is 2.14. The Kier molecular flexibility index (Phi) is 6.17. The maximum atomic E-state index is 11.9. The standard InChI is InChI=1S/C20H22N2O3/c23-20(8-3-16-2-1-11-21-14-16)22-18-4-6-19(7-5-18)25-15-17-9-12-24-13-10-17/h1-8,11,14,17H,9-10,12-13,15H2,(H,22,23). The number of benzene rings is 1. The number of rotatable bonds is 6. The maximum Gasteiger partial charge on any atom is 0.248 e. The molecule has 0 aliphatic carbocycles. The van der Waals surface area contributed by atoms with E-state index in [2.05, 4.69) is 10.3 Å². The van der Waals surface area contributed by atoms with E-state index in [0.29, 0.717) is 12.5 Å². The highest BCUT2D eigenvalue weighted by atomic mass is 16.5. The highest BCUT2D eigenvalue weighted by molar-refractivity contribution is 6.01. The van der Waals surface area contributed by atoms with Gasteiger partial charge in [-0.15, -0.1) is 0 Å². The van der Waals surface area contributed by atoms with Gasteiger partial charge in [-0.1, -0.05) is 6.07 Å². The largest absolute Gasteiger partial charge is 0.493 e. The molecule has 1 aliphatic heterocycles. The maximum absolute atomic E-state index is 11.9. The first-order chi connectivity index (χ1) is 12.3. The van der Waals surface area contributed by atoms with E-state index in [1.54, 1.807) is 18.5 Å². The molecule has 3 rings (SSSR count). The van der Waals surface area contributed by atoms with Crippen molar-refractivity contribution in [3.05, 3.63) is 60.4 Å². The molecule has 1 saturated heterocycles. The van der Waals surface area contributed by atoms with Crippen molar-refractivity contribution in [3.63, 3.8) is 0 Å². The topological polar surface area (TPSA) is 60.5 Å². The van der Waals surface area contributed by atoms with E-state index >= 15 is 0 Å².